The highest BCUT2D eigenvalue weighted by atomic mass is 79.9. The summed E-state index contributed by atoms with van der Waals surface area (Å²) in [5.74, 6) is -0.0720. The Kier molecular flexibility index (Phi) is 5.75. The first-order valence-electron chi connectivity index (χ1n) is 5.81. The molecule has 0 aromatic heterocycles. The van der Waals surface area contributed by atoms with Gasteiger partial charge in [-0.1, -0.05) is 15.9 Å². The van der Waals surface area contributed by atoms with Crippen LogP contribution in [-0.2, 0) is 4.79 Å². The number of amides is 1. The molecule has 7 heteroatoms. The molecule has 1 amide bonds. The summed E-state index contributed by atoms with van der Waals surface area (Å²) in [6, 6.07) is 4.97. The van der Waals surface area contributed by atoms with Crippen molar-refractivity contribution in [3.63, 3.8) is 0 Å². The molecule has 0 saturated carbocycles. The van der Waals surface area contributed by atoms with Crippen LogP contribution in [0.3, 0.4) is 0 Å². The van der Waals surface area contributed by atoms with E-state index in [1.165, 1.54) is 13.0 Å². The van der Waals surface area contributed by atoms with Crippen molar-refractivity contribution in [2.24, 2.45) is 0 Å². The summed E-state index contributed by atoms with van der Waals surface area (Å²) in [7, 11) is 1.80. The van der Waals surface area contributed by atoms with Gasteiger partial charge in [-0.2, -0.15) is 0 Å². The summed E-state index contributed by atoms with van der Waals surface area (Å²) in [6.45, 7) is 2.65. The number of hydrogen-bond donors (Lipinski definition) is 1. The fourth-order valence-electron chi connectivity index (χ4n) is 1.67. The average Bonchev–Trinajstić information content (AvgIpc) is 2.33. The van der Waals surface area contributed by atoms with Gasteiger partial charge in [-0.3, -0.25) is 14.9 Å². The lowest BCUT2D eigenvalue weighted by Gasteiger charge is -2.19. The maximum absolute atomic E-state index is 11.0. The molecule has 6 nitrogen and oxygen atoms in total. The number of halogens is 1. The summed E-state index contributed by atoms with van der Waals surface area (Å²) in [4.78, 5) is 23.1. The largest absolute Gasteiger partial charge is 0.369 e. The number of hydrogen-bond acceptors (Lipinski definition) is 4. The fraction of sp³-hybridized carbons (Fsp3) is 0.417. The van der Waals surface area contributed by atoms with Gasteiger partial charge in [0.15, 0.2) is 0 Å². The molecule has 0 heterocycles. The highest BCUT2D eigenvalue weighted by Crippen LogP contribution is 2.30. The van der Waals surface area contributed by atoms with E-state index in [-0.39, 0.29) is 11.6 Å². The van der Waals surface area contributed by atoms with E-state index >= 15 is 0 Å². The molecular weight excluding hydrogens is 314 g/mol. The SMILES string of the molecule is CC(=O)NCCCN(C)c1ccc(Br)cc1[N+](=O)[O-]. The number of carbonyl (C=O) groups is 1. The van der Waals surface area contributed by atoms with Gasteiger partial charge in [0.2, 0.25) is 5.91 Å². The van der Waals surface area contributed by atoms with Gasteiger partial charge in [0.05, 0.1) is 4.92 Å². The molecule has 1 N–H and O–H groups in total. The molecule has 0 fully saturated rings. The number of carbonyl (C=O) groups excluding carboxylic acids is 1. The van der Waals surface area contributed by atoms with Gasteiger partial charge < -0.3 is 10.2 Å². The number of nitrogens with zero attached hydrogens (tertiary/aromatic N) is 2. The Morgan fingerprint density at radius 3 is 2.79 bits per heavy atom. The summed E-state index contributed by atoms with van der Waals surface area (Å²) in [5.41, 5.74) is 0.632. The third-order valence-electron chi connectivity index (χ3n) is 2.59. The quantitative estimate of drug-likeness (QED) is 0.493. The van der Waals surface area contributed by atoms with Gasteiger partial charge in [0, 0.05) is 37.6 Å². The van der Waals surface area contributed by atoms with Crippen LogP contribution in [0.4, 0.5) is 11.4 Å². The smallest absolute Gasteiger partial charge is 0.293 e. The molecule has 0 atom stereocenters. The highest BCUT2D eigenvalue weighted by molar-refractivity contribution is 9.10. The molecular formula is C12H16BrN3O3. The number of nitro benzene ring substituents is 1. The van der Waals surface area contributed by atoms with Crippen molar-refractivity contribution in [3.05, 3.63) is 32.8 Å². The van der Waals surface area contributed by atoms with Gasteiger partial charge in [-0.25, -0.2) is 0 Å². The third-order valence-corrected chi connectivity index (χ3v) is 3.08. The van der Waals surface area contributed by atoms with Crippen molar-refractivity contribution in [3.8, 4) is 0 Å². The monoisotopic (exact) mass is 329 g/mol. The van der Waals surface area contributed by atoms with E-state index in [1.54, 1.807) is 19.2 Å². The Balaban J connectivity index is 2.68. The van der Waals surface area contributed by atoms with Crippen molar-refractivity contribution in [2.45, 2.75) is 13.3 Å². The second kappa shape index (κ2) is 7.08. The van der Waals surface area contributed by atoms with Crippen molar-refractivity contribution in [1.82, 2.24) is 5.32 Å². The Bertz CT molecular complexity index is 479. The van der Waals surface area contributed by atoms with Crippen molar-refractivity contribution in [2.75, 3.05) is 25.0 Å². The van der Waals surface area contributed by atoms with Gasteiger partial charge in [0.25, 0.3) is 5.69 Å². The molecule has 0 radical (unpaired) electrons. The van der Waals surface area contributed by atoms with Crippen LogP contribution in [0.15, 0.2) is 22.7 Å². The van der Waals surface area contributed by atoms with Gasteiger partial charge in [-0.15, -0.1) is 0 Å². The van der Waals surface area contributed by atoms with E-state index < -0.39 is 4.92 Å². The Morgan fingerprint density at radius 2 is 2.21 bits per heavy atom. The third kappa shape index (κ3) is 4.86. The first-order valence-corrected chi connectivity index (χ1v) is 6.60. The molecule has 1 rings (SSSR count). The summed E-state index contributed by atoms with van der Waals surface area (Å²) < 4.78 is 0.676. The molecule has 0 unspecified atom stereocenters. The zero-order valence-corrected chi connectivity index (χ0v) is 12.4. The molecule has 1 aromatic carbocycles. The van der Waals surface area contributed by atoms with Crippen LogP contribution in [0.1, 0.15) is 13.3 Å². The normalized spacial score (nSPS) is 10.1. The molecule has 0 bridgehead atoms. The lowest BCUT2D eigenvalue weighted by molar-refractivity contribution is -0.384. The molecule has 0 aliphatic carbocycles. The minimum Gasteiger partial charge on any atom is -0.369 e. The van der Waals surface area contributed by atoms with Gasteiger partial charge in [0.1, 0.15) is 5.69 Å². The maximum atomic E-state index is 11.0. The number of nitro groups is 1. The predicted octanol–water partition coefficient (Wildman–Crippen LogP) is 2.32. The number of nitrogens with one attached hydrogen (secondary N) is 1. The summed E-state index contributed by atoms with van der Waals surface area (Å²) in [5, 5.41) is 13.7. The molecule has 0 spiro atoms. The maximum Gasteiger partial charge on any atom is 0.293 e. The summed E-state index contributed by atoms with van der Waals surface area (Å²) in [6.07, 6.45) is 0.725. The van der Waals surface area contributed by atoms with E-state index in [9.17, 15) is 14.9 Å². The lowest BCUT2D eigenvalue weighted by Crippen LogP contribution is -2.26. The molecule has 0 aliphatic rings. The second-order valence-electron chi connectivity index (χ2n) is 4.15. The average molecular weight is 330 g/mol. The minimum absolute atomic E-state index is 0.0661. The van der Waals surface area contributed by atoms with Crippen LogP contribution in [-0.4, -0.2) is 31.0 Å². The van der Waals surface area contributed by atoms with Crippen LogP contribution in [0.25, 0.3) is 0 Å². The summed E-state index contributed by atoms with van der Waals surface area (Å²) >= 11 is 3.22. The van der Waals surface area contributed by atoms with Crippen LogP contribution in [0.2, 0.25) is 0 Å². The predicted molar refractivity (Wildman–Crippen MR) is 77.4 cm³/mol. The first-order chi connectivity index (χ1) is 8.91. The van der Waals surface area contributed by atoms with Crippen molar-refractivity contribution < 1.29 is 9.72 Å². The number of benzene rings is 1. The fourth-order valence-corrected chi connectivity index (χ4v) is 2.02. The van der Waals surface area contributed by atoms with Crippen LogP contribution in [0.5, 0.6) is 0 Å². The standard InChI is InChI=1S/C12H16BrN3O3/c1-9(17)14-6-3-7-15(2)11-5-4-10(13)8-12(11)16(18)19/h4-5,8H,3,6-7H2,1-2H3,(H,14,17). The van der Waals surface area contributed by atoms with E-state index in [2.05, 4.69) is 21.2 Å². The molecule has 0 saturated heterocycles. The molecule has 19 heavy (non-hydrogen) atoms. The van der Waals surface area contributed by atoms with Gasteiger partial charge in [-0.05, 0) is 18.6 Å². The molecule has 0 aliphatic heterocycles. The molecule has 104 valence electrons. The van der Waals surface area contributed by atoms with Crippen LogP contribution < -0.4 is 10.2 Å². The van der Waals surface area contributed by atoms with Gasteiger partial charge >= 0.3 is 0 Å². The zero-order chi connectivity index (χ0) is 14.4. The van der Waals surface area contributed by atoms with E-state index in [0.717, 1.165) is 6.42 Å². The Hall–Kier alpha value is -1.63. The Morgan fingerprint density at radius 1 is 1.53 bits per heavy atom. The van der Waals surface area contributed by atoms with Crippen molar-refractivity contribution in [1.29, 1.82) is 0 Å². The number of anilines is 1. The highest BCUT2D eigenvalue weighted by Gasteiger charge is 2.17. The Labute approximate surface area is 120 Å². The second-order valence-corrected chi connectivity index (χ2v) is 5.06. The lowest BCUT2D eigenvalue weighted by atomic mass is 10.2. The topological polar surface area (TPSA) is 75.5 Å². The minimum atomic E-state index is -0.398. The van der Waals surface area contributed by atoms with E-state index in [0.29, 0.717) is 23.2 Å². The van der Waals surface area contributed by atoms with E-state index in [1.807, 2.05) is 4.90 Å². The number of rotatable bonds is 6. The van der Waals surface area contributed by atoms with Crippen LogP contribution in [0, 0.1) is 10.1 Å². The van der Waals surface area contributed by atoms with Crippen LogP contribution >= 0.6 is 15.9 Å². The molecule has 1 aromatic rings. The van der Waals surface area contributed by atoms with Crippen molar-refractivity contribution >= 4 is 33.2 Å². The zero-order valence-electron chi connectivity index (χ0n) is 10.9. The first kappa shape index (κ1) is 15.4. The van der Waals surface area contributed by atoms with E-state index in [4.69, 9.17) is 0 Å².